The van der Waals surface area contributed by atoms with Crippen molar-refractivity contribution >= 4 is 5.69 Å². The minimum Gasteiger partial charge on any atom is -0.384 e. The molecule has 20 heavy (non-hydrogen) atoms. The third-order valence-electron chi connectivity index (χ3n) is 3.24. The summed E-state index contributed by atoms with van der Waals surface area (Å²) in [5.41, 5.74) is 3.56. The fourth-order valence-electron chi connectivity index (χ4n) is 2.04. The van der Waals surface area contributed by atoms with Crippen LogP contribution in [0.25, 0.3) is 0 Å². The molecule has 2 aromatic carbocycles. The number of nitrogens with zero attached hydrogens (tertiary/aromatic N) is 1. The van der Waals surface area contributed by atoms with Crippen LogP contribution in [0.1, 0.15) is 11.1 Å². The molecular formula is C17H21FN2. The highest BCUT2D eigenvalue weighted by molar-refractivity contribution is 5.42. The predicted molar refractivity (Wildman–Crippen MR) is 82.4 cm³/mol. The van der Waals surface area contributed by atoms with Gasteiger partial charge in [0.1, 0.15) is 5.82 Å². The van der Waals surface area contributed by atoms with Crippen LogP contribution < -0.4 is 5.32 Å². The molecule has 0 fully saturated rings. The molecule has 0 spiro atoms. The summed E-state index contributed by atoms with van der Waals surface area (Å²) in [6.07, 6.45) is 0. The molecule has 3 heteroatoms. The first kappa shape index (κ1) is 14.5. The second-order valence-corrected chi connectivity index (χ2v) is 5.16. The van der Waals surface area contributed by atoms with Gasteiger partial charge in [0, 0.05) is 25.3 Å². The van der Waals surface area contributed by atoms with Gasteiger partial charge in [0.2, 0.25) is 0 Å². The third-order valence-corrected chi connectivity index (χ3v) is 3.24. The summed E-state index contributed by atoms with van der Waals surface area (Å²) in [5.74, 6) is -0.202. The van der Waals surface area contributed by atoms with Crippen LogP contribution >= 0.6 is 0 Å². The highest BCUT2D eigenvalue weighted by atomic mass is 19.1. The summed E-state index contributed by atoms with van der Waals surface area (Å²) in [6, 6.07) is 15.1. The Labute approximate surface area is 120 Å². The zero-order valence-corrected chi connectivity index (χ0v) is 12.1. The van der Waals surface area contributed by atoms with Gasteiger partial charge in [0.15, 0.2) is 0 Å². The van der Waals surface area contributed by atoms with Gasteiger partial charge >= 0.3 is 0 Å². The predicted octanol–water partition coefficient (Wildman–Crippen LogP) is 3.68. The molecule has 0 radical (unpaired) electrons. The van der Waals surface area contributed by atoms with Crippen molar-refractivity contribution in [3.63, 3.8) is 0 Å². The Morgan fingerprint density at radius 2 is 1.65 bits per heavy atom. The van der Waals surface area contributed by atoms with Crippen molar-refractivity contribution in [2.24, 2.45) is 0 Å². The van der Waals surface area contributed by atoms with E-state index in [1.807, 2.05) is 0 Å². The summed E-state index contributed by atoms with van der Waals surface area (Å²) in [5, 5.41) is 3.29. The van der Waals surface area contributed by atoms with E-state index in [0.717, 1.165) is 25.3 Å². The highest BCUT2D eigenvalue weighted by Crippen LogP contribution is 2.08. The molecule has 0 atom stereocenters. The van der Waals surface area contributed by atoms with E-state index in [0.29, 0.717) is 0 Å². The lowest BCUT2D eigenvalue weighted by Crippen LogP contribution is -2.24. The van der Waals surface area contributed by atoms with Crippen molar-refractivity contribution in [2.75, 3.05) is 25.5 Å². The number of aryl methyl sites for hydroxylation is 1. The van der Waals surface area contributed by atoms with Crippen LogP contribution in [0.4, 0.5) is 10.1 Å². The molecule has 2 aromatic rings. The van der Waals surface area contributed by atoms with Crippen molar-refractivity contribution in [2.45, 2.75) is 13.5 Å². The smallest absolute Gasteiger partial charge is 0.123 e. The van der Waals surface area contributed by atoms with E-state index in [1.165, 1.54) is 23.3 Å². The van der Waals surface area contributed by atoms with Gasteiger partial charge in [0.25, 0.3) is 0 Å². The fourth-order valence-corrected chi connectivity index (χ4v) is 2.04. The Morgan fingerprint density at radius 1 is 1.00 bits per heavy atom. The highest BCUT2D eigenvalue weighted by Gasteiger charge is 2.00. The van der Waals surface area contributed by atoms with E-state index in [1.54, 1.807) is 12.1 Å². The lowest BCUT2D eigenvalue weighted by Gasteiger charge is -2.17. The Hall–Kier alpha value is -1.87. The zero-order valence-electron chi connectivity index (χ0n) is 12.1. The summed E-state index contributed by atoms with van der Waals surface area (Å²) >= 11 is 0. The van der Waals surface area contributed by atoms with Gasteiger partial charge in [-0.1, -0.05) is 29.8 Å². The Bertz CT molecular complexity index is 520. The summed E-state index contributed by atoms with van der Waals surface area (Å²) in [4.78, 5) is 2.27. The van der Waals surface area contributed by atoms with Gasteiger partial charge in [-0.05, 0) is 43.8 Å². The lowest BCUT2D eigenvalue weighted by molar-refractivity contribution is 0.340. The number of hydrogen-bond acceptors (Lipinski definition) is 2. The van der Waals surface area contributed by atoms with Gasteiger partial charge < -0.3 is 10.2 Å². The van der Waals surface area contributed by atoms with Gasteiger partial charge in [-0.3, -0.25) is 0 Å². The van der Waals surface area contributed by atoms with Crippen LogP contribution in [-0.4, -0.2) is 25.0 Å². The van der Waals surface area contributed by atoms with Gasteiger partial charge in [-0.15, -0.1) is 0 Å². The number of likely N-dealkylation sites (N-methyl/N-ethyl adjacent to an activating group) is 1. The van der Waals surface area contributed by atoms with Crippen molar-refractivity contribution in [3.05, 3.63) is 65.5 Å². The molecule has 2 rings (SSSR count). The second kappa shape index (κ2) is 7.06. The number of rotatable bonds is 6. The minimum absolute atomic E-state index is 0.202. The first-order chi connectivity index (χ1) is 9.63. The number of halogens is 1. The minimum atomic E-state index is -0.202. The fraction of sp³-hybridized carbons (Fsp3) is 0.294. The lowest BCUT2D eigenvalue weighted by atomic mass is 10.1. The molecule has 0 saturated carbocycles. The molecular weight excluding hydrogens is 251 g/mol. The van der Waals surface area contributed by atoms with Crippen LogP contribution in [0.5, 0.6) is 0 Å². The van der Waals surface area contributed by atoms with Gasteiger partial charge in [0.05, 0.1) is 0 Å². The van der Waals surface area contributed by atoms with Crippen molar-refractivity contribution < 1.29 is 4.39 Å². The van der Waals surface area contributed by atoms with E-state index in [4.69, 9.17) is 0 Å². The van der Waals surface area contributed by atoms with E-state index < -0.39 is 0 Å². The molecule has 106 valence electrons. The molecule has 0 aliphatic rings. The molecule has 0 aromatic heterocycles. The summed E-state index contributed by atoms with van der Waals surface area (Å²) < 4.78 is 12.8. The molecule has 0 heterocycles. The van der Waals surface area contributed by atoms with E-state index in [9.17, 15) is 4.39 Å². The van der Waals surface area contributed by atoms with Crippen molar-refractivity contribution in [1.29, 1.82) is 0 Å². The Balaban J connectivity index is 1.73. The molecule has 0 aliphatic carbocycles. The quantitative estimate of drug-likeness (QED) is 0.863. The summed E-state index contributed by atoms with van der Waals surface area (Å²) in [6.45, 7) is 4.81. The molecule has 0 amide bonds. The first-order valence-corrected chi connectivity index (χ1v) is 6.87. The number of hydrogen-bond donors (Lipinski definition) is 1. The van der Waals surface area contributed by atoms with Gasteiger partial charge in [-0.2, -0.15) is 0 Å². The number of anilines is 1. The van der Waals surface area contributed by atoms with Crippen LogP contribution in [0.2, 0.25) is 0 Å². The maximum Gasteiger partial charge on any atom is 0.123 e. The summed E-state index contributed by atoms with van der Waals surface area (Å²) in [7, 11) is 2.10. The van der Waals surface area contributed by atoms with Crippen LogP contribution in [0.15, 0.2) is 48.5 Å². The molecule has 1 N–H and O–H groups in total. The molecule has 0 saturated heterocycles. The van der Waals surface area contributed by atoms with Crippen molar-refractivity contribution in [3.8, 4) is 0 Å². The van der Waals surface area contributed by atoms with Crippen LogP contribution in [-0.2, 0) is 6.54 Å². The molecule has 0 aliphatic heterocycles. The van der Waals surface area contributed by atoms with Crippen LogP contribution in [0.3, 0.4) is 0 Å². The monoisotopic (exact) mass is 272 g/mol. The number of nitrogens with one attached hydrogen (secondary N) is 1. The van der Waals surface area contributed by atoms with E-state index in [-0.39, 0.29) is 5.82 Å². The standard InChI is InChI=1S/C17H21FN2/c1-14-3-5-15(6-4-14)13-20(2)12-11-19-17-9-7-16(18)8-10-17/h3-10,19H,11-13H2,1-2H3. The number of benzene rings is 2. The second-order valence-electron chi connectivity index (χ2n) is 5.16. The molecule has 0 bridgehead atoms. The Kier molecular flexibility index (Phi) is 5.13. The zero-order chi connectivity index (χ0) is 14.4. The first-order valence-electron chi connectivity index (χ1n) is 6.87. The molecule has 2 nitrogen and oxygen atoms in total. The third kappa shape index (κ3) is 4.67. The van der Waals surface area contributed by atoms with E-state index >= 15 is 0 Å². The maximum atomic E-state index is 12.8. The van der Waals surface area contributed by atoms with Crippen LogP contribution in [0, 0.1) is 12.7 Å². The van der Waals surface area contributed by atoms with Gasteiger partial charge in [-0.25, -0.2) is 4.39 Å². The SMILES string of the molecule is Cc1ccc(CN(C)CCNc2ccc(F)cc2)cc1. The van der Waals surface area contributed by atoms with Crippen molar-refractivity contribution in [1.82, 2.24) is 4.90 Å². The molecule has 0 unspecified atom stereocenters. The normalized spacial score (nSPS) is 10.8. The Morgan fingerprint density at radius 3 is 2.30 bits per heavy atom. The topological polar surface area (TPSA) is 15.3 Å². The average Bonchev–Trinajstić information content (AvgIpc) is 2.44. The largest absolute Gasteiger partial charge is 0.384 e. The van der Waals surface area contributed by atoms with E-state index in [2.05, 4.69) is 48.5 Å². The average molecular weight is 272 g/mol. The maximum absolute atomic E-state index is 12.8.